The average Bonchev–Trinajstić information content (AvgIpc) is 3.34. The molecule has 1 aliphatic carbocycles. The number of benzene rings is 1. The number of ether oxygens (including phenoxy) is 1. The number of rotatable bonds is 4. The average molecular weight is 341 g/mol. The highest BCUT2D eigenvalue weighted by Crippen LogP contribution is 2.51. The van der Waals surface area contributed by atoms with Crippen molar-refractivity contribution in [2.75, 3.05) is 20.2 Å². The van der Waals surface area contributed by atoms with E-state index in [1.165, 1.54) is 0 Å². The first-order valence-corrected chi connectivity index (χ1v) is 8.89. The van der Waals surface area contributed by atoms with Crippen molar-refractivity contribution in [2.24, 2.45) is 5.92 Å². The normalized spacial score (nSPS) is 25.7. The standard InChI is InChI=1S/C19H23N3O3/c1-12-20-18(21-25-12)13-6-5-9-22(11-13)19(23)16-10-15(16)14-7-3-4-8-17(14)24-2/h3-4,7-8,13,15-16H,5-6,9-11H2,1-2H3. The molecule has 132 valence electrons. The Morgan fingerprint density at radius 1 is 1.36 bits per heavy atom. The molecule has 1 amide bonds. The highest BCUT2D eigenvalue weighted by Gasteiger charge is 2.47. The molecular weight excluding hydrogens is 318 g/mol. The van der Waals surface area contributed by atoms with E-state index in [4.69, 9.17) is 9.26 Å². The highest BCUT2D eigenvalue weighted by molar-refractivity contribution is 5.83. The maximum Gasteiger partial charge on any atom is 0.226 e. The molecule has 4 rings (SSSR count). The van der Waals surface area contributed by atoms with Gasteiger partial charge in [0.2, 0.25) is 11.8 Å². The molecule has 1 aromatic heterocycles. The zero-order valence-electron chi connectivity index (χ0n) is 14.6. The molecule has 0 N–H and O–H groups in total. The third-order valence-corrected chi connectivity index (χ3v) is 5.29. The summed E-state index contributed by atoms with van der Waals surface area (Å²) in [6.45, 7) is 3.30. The first-order valence-electron chi connectivity index (χ1n) is 8.89. The summed E-state index contributed by atoms with van der Waals surface area (Å²) < 4.78 is 10.5. The third kappa shape index (κ3) is 3.13. The Morgan fingerprint density at radius 3 is 2.96 bits per heavy atom. The maximum absolute atomic E-state index is 12.9. The van der Waals surface area contributed by atoms with Crippen molar-refractivity contribution in [2.45, 2.75) is 38.0 Å². The minimum Gasteiger partial charge on any atom is -0.496 e. The number of aryl methyl sites for hydroxylation is 1. The summed E-state index contributed by atoms with van der Waals surface area (Å²) in [7, 11) is 1.68. The lowest BCUT2D eigenvalue weighted by atomic mass is 9.96. The topological polar surface area (TPSA) is 68.5 Å². The molecule has 3 unspecified atom stereocenters. The molecule has 1 aromatic carbocycles. The van der Waals surface area contributed by atoms with Gasteiger partial charge in [0.15, 0.2) is 5.82 Å². The number of amides is 1. The fraction of sp³-hybridized carbons (Fsp3) is 0.526. The van der Waals surface area contributed by atoms with Crippen LogP contribution in [-0.2, 0) is 4.79 Å². The summed E-state index contributed by atoms with van der Waals surface area (Å²) in [6, 6.07) is 8.00. The summed E-state index contributed by atoms with van der Waals surface area (Å²) >= 11 is 0. The Kier molecular flexibility index (Phi) is 4.19. The summed E-state index contributed by atoms with van der Waals surface area (Å²) in [5, 5.41) is 4.04. The van der Waals surface area contributed by atoms with Gasteiger partial charge in [0.25, 0.3) is 0 Å². The predicted molar refractivity (Wildman–Crippen MR) is 91.4 cm³/mol. The van der Waals surface area contributed by atoms with E-state index < -0.39 is 0 Å². The van der Waals surface area contributed by atoms with Crippen molar-refractivity contribution in [1.82, 2.24) is 15.0 Å². The van der Waals surface area contributed by atoms with E-state index in [1.54, 1.807) is 14.0 Å². The van der Waals surface area contributed by atoms with Crippen LogP contribution in [0, 0.1) is 12.8 Å². The van der Waals surface area contributed by atoms with Crippen LogP contribution in [-0.4, -0.2) is 41.1 Å². The third-order valence-electron chi connectivity index (χ3n) is 5.29. The van der Waals surface area contributed by atoms with Crippen molar-refractivity contribution in [1.29, 1.82) is 0 Å². The molecule has 2 aromatic rings. The van der Waals surface area contributed by atoms with Crippen LogP contribution in [0.25, 0.3) is 0 Å². The van der Waals surface area contributed by atoms with Crippen molar-refractivity contribution in [3.63, 3.8) is 0 Å². The SMILES string of the molecule is COc1ccccc1C1CC1C(=O)N1CCCC(c2noc(C)n2)C1. The molecule has 3 atom stereocenters. The number of para-hydroxylation sites is 1. The van der Waals surface area contributed by atoms with Gasteiger partial charge in [-0.15, -0.1) is 0 Å². The van der Waals surface area contributed by atoms with Crippen LogP contribution in [0.2, 0.25) is 0 Å². The number of hydrogen-bond acceptors (Lipinski definition) is 5. The van der Waals surface area contributed by atoms with Crippen LogP contribution in [0.4, 0.5) is 0 Å². The van der Waals surface area contributed by atoms with E-state index >= 15 is 0 Å². The van der Waals surface area contributed by atoms with Crippen LogP contribution in [0.5, 0.6) is 5.75 Å². The van der Waals surface area contributed by atoms with Crippen LogP contribution >= 0.6 is 0 Å². The van der Waals surface area contributed by atoms with Gasteiger partial charge in [0.1, 0.15) is 5.75 Å². The summed E-state index contributed by atoms with van der Waals surface area (Å²) in [5.41, 5.74) is 1.14. The second-order valence-electron chi connectivity index (χ2n) is 6.99. The Balaban J connectivity index is 1.43. The molecule has 6 nitrogen and oxygen atoms in total. The molecular formula is C19H23N3O3. The molecule has 0 spiro atoms. The Hall–Kier alpha value is -2.37. The fourth-order valence-corrected chi connectivity index (χ4v) is 3.89. The van der Waals surface area contributed by atoms with Gasteiger partial charge in [-0.2, -0.15) is 4.98 Å². The molecule has 1 saturated carbocycles. The van der Waals surface area contributed by atoms with E-state index in [0.717, 1.165) is 42.9 Å². The number of aromatic nitrogens is 2. The minimum absolute atomic E-state index is 0.0713. The number of carbonyl (C=O) groups is 1. The maximum atomic E-state index is 12.9. The van der Waals surface area contributed by atoms with E-state index in [-0.39, 0.29) is 23.7 Å². The van der Waals surface area contributed by atoms with Gasteiger partial charge in [0.05, 0.1) is 7.11 Å². The second kappa shape index (κ2) is 6.50. The monoisotopic (exact) mass is 341 g/mol. The molecule has 0 radical (unpaired) electrons. The molecule has 1 aliphatic heterocycles. The molecule has 2 heterocycles. The quantitative estimate of drug-likeness (QED) is 0.855. The molecule has 6 heteroatoms. The first-order chi connectivity index (χ1) is 12.2. The first kappa shape index (κ1) is 16.1. The lowest BCUT2D eigenvalue weighted by molar-refractivity contribution is -0.133. The largest absolute Gasteiger partial charge is 0.496 e. The van der Waals surface area contributed by atoms with Crippen molar-refractivity contribution in [3.8, 4) is 5.75 Å². The molecule has 2 aliphatic rings. The zero-order chi connectivity index (χ0) is 17.4. The summed E-state index contributed by atoms with van der Waals surface area (Å²) in [4.78, 5) is 19.3. The Labute approximate surface area is 147 Å². The minimum atomic E-state index is 0.0713. The molecule has 2 fully saturated rings. The number of piperidine rings is 1. The van der Waals surface area contributed by atoms with E-state index in [2.05, 4.69) is 16.2 Å². The molecule has 0 bridgehead atoms. The second-order valence-corrected chi connectivity index (χ2v) is 6.99. The van der Waals surface area contributed by atoms with Gasteiger partial charge in [-0.3, -0.25) is 4.79 Å². The summed E-state index contributed by atoms with van der Waals surface area (Å²) in [6.07, 6.45) is 2.89. The van der Waals surface area contributed by atoms with Gasteiger partial charge in [-0.25, -0.2) is 0 Å². The van der Waals surface area contributed by atoms with E-state index in [1.807, 2.05) is 23.1 Å². The van der Waals surface area contributed by atoms with Gasteiger partial charge in [-0.1, -0.05) is 23.4 Å². The van der Waals surface area contributed by atoms with Gasteiger partial charge in [0, 0.05) is 31.8 Å². The molecule has 1 saturated heterocycles. The molecule has 25 heavy (non-hydrogen) atoms. The van der Waals surface area contributed by atoms with Crippen molar-refractivity contribution in [3.05, 3.63) is 41.5 Å². The van der Waals surface area contributed by atoms with Crippen LogP contribution < -0.4 is 4.74 Å². The Morgan fingerprint density at radius 2 is 2.20 bits per heavy atom. The van der Waals surface area contributed by atoms with E-state index in [0.29, 0.717) is 12.4 Å². The number of likely N-dealkylation sites (tertiary alicyclic amines) is 1. The fourth-order valence-electron chi connectivity index (χ4n) is 3.89. The predicted octanol–water partition coefficient (Wildman–Crippen LogP) is 2.90. The van der Waals surface area contributed by atoms with Crippen LogP contribution in [0.15, 0.2) is 28.8 Å². The van der Waals surface area contributed by atoms with Crippen molar-refractivity contribution >= 4 is 5.91 Å². The summed E-state index contributed by atoms with van der Waals surface area (Å²) in [5.74, 6) is 2.96. The van der Waals surface area contributed by atoms with Gasteiger partial charge >= 0.3 is 0 Å². The lowest BCUT2D eigenvalue weighted by Gasteiger charge is -2.31. The number of carbonyl (C=O) groups excluding carboxylic acids is 1. The van der Waals surface area contributed by atoms with Crippen molar-refractivity contribution < 1.29 is 14.1 Å². The smallest absolute Gasteiger partial charge is 0.226 e. The number of nitrogens with zero attached hydrogens (tertiary/aromatic N) is 3. The van der Waals surface area contributed by atoms with Gasteiger partial charge < -0.3 is 14.2 Å². The Bertz CT molecular complexity index is 773. The van der Waals surface area contributed by atoms with Crippen LogP contribution in [0.1, 0.15) is 48.4 Å². The number of methoxy groups -OCH3 is 1. The number of hydrogen-bond donors (Lipinski definition) is 0. The zero-order valence-corrected chi connectivity index (χ0v) is 14.6. The highest BCUT2D eigenvalue weighted by atomic mass is 16.5. The van der Waals surface area contributed by atoms with Gasteiger partial charge in [-0.05, 0) is 36.8 Å². The van der Waals surface area contributed by atoms with Crippen LogP contribution in [0.3, 0.4) is 0 Å². The lowest BCUT2D eigenvalue weighted by Crippen LogP contribution is -2.40. The van der Waals surface area contributed by atoms with E-state index in [9.17, 15) is 4.79 Å².